The second-order valence-corrected chi connectivity index (χ2v) is 6.74. The topological polar surface area (TPSA) is 86.5 Å². The number of benzene rings is 1. The van der Waals surface area contributed by atoms with E-state index in [1.807, 2.05) is 22.8 Å². The van der Waals surface area contributed by atoms with Crippen molar-refractivity contribution in [2.75, 3.05) is 19.0 Å². The maximum absolute atomic E-state index is 10.8. The van der Waals surface area contributed by atoms with E-state index >= 15 is 0 Å². The second-order valence-electron chi connectivity index (χ2n) is 5.80. The maximum Gasteiger partial charge on any atom is 0.313 e. The molecule has 1 aliphatic carbocycles. The van der Waals surface area contributed by atoms with E-state index in [4.69, 9.17) is 14.6 Å². The summed E-state index contributed by atoms with van der Waals surface area (Å²) >= 11 is 1.20. The molecule has 0 saturated heterocycles. The number of carbonyl (C=O) groups is 1. The van der Waals surface area contributed by atoms with Gasteiger partial charge in [-0.3, -0.25) is 9.36 Å². The van der Waals surface area contributed by atoms with E-state index in [1.165, 1.54) is 11.8 Å². The van der Waals surface area contributed by atoms with Crippen LogP contribution in [0.4, 0.5) is 0 Å². The number of ether oxygens (including phenoxy) is 2. The quantitative estimate of drug-likeness (QED) is 0.832. The maximum atomic E-state index is 10.8. The number of aliphatic carboxylic acids is 1. The van der Waals surface area contributed by atoms with E-state index in [1.54, 1.807) is 0 Å². The molecule has 2 aliphatic rings. The first-order valence-electron chi connectivity index (χ1n) is 7.92. The van der Waals surface area contributed by atoms with Crippen LogP contribution in [0.5, 0.6) is 11.5 Å². The fraction of sp³-hybridized carbons (Fsp3) is 0.438. The molecule has 1 aromatic heterocycles. The minimum atomic E-state index is -0.859. The highest BCUT2D eigenvalue weighted by molar-refractivity contribution is 7.99. The van der Waals surface area contributed by atoms with Crippen LogP contribution in [0.2, 0.25) is 0 Å². The van der Waals surface area contributed by atoms with Crippen LogP contribution in [-0.2, 0) is 4.79 Å². The van der Waals surface area contributed by atoms with Gasteiger partial charge in [-0.05, 0) is 31.0 Å². The number of rotatable bonds is 5. The second kappa shape index (κ2) is 6.35. The molecule has 0 unspecified atom stereocenters. The normalized spacial score (nSPS) is 16.7. The van der Waals surface area contributed by atoms with Crippen molar-refractivity contribution in [1.82, 2.24) is 14.8 Å². The molecule has 24 heavy (non-hydrogen) atoms. The number of carboxylic acids is 1. The average Bonchev–Trinajstić information content (AvgIpc) is 3.36. The van der Waals surface area contributed by atoms with Crippen LogP contribution in [0.3, 0.4) is 0 Å². The molecule has 126 valence electrons. The van der Waals surface area contributed by atoms with Crippen LogP contribution in [0.25, 0.3) is 11.4 Å². The van der Waals surface area contributed by atoms with Crippen LogP contribution in [0.15, 0.2) is 23.4 Å². The first kappa shape index (κ1) is 15.3. The van der Waals surface area contributed by atoms with Gasteiger partial charge in [0.1, 0.15) is 0 Å². The van der Waals surface area contributed by atoms with Gasteiger partial charge in [0.15, 0.2) is 22.5 Å². The summed E-state index contributed by atoms with van der Waals surface area (Å²) < 4.78 is 13.5. The molecule has 1 aliphatic heterocycles. The number of fused-ring (bicyclic) bond motifs is 1. The average molecular weight is 347 g/mol. The molecule has 7 nitrogen and oxygen atoms in total. The van der Waals surface area contributed by atoms with Crippen molar-refractivity contribution in [3.8, 4) is 22.9 Å². The lowest BCUT2D eigenvalue weighted by atomic mass is 10.2. The third-order valence-corrected chi connectivity index (χ3v) is 4.83. The Morgan fingerprint density at radius 3 is 2.79 bits per heavy atom. The lowest BCUT2D eigenvalue weighted by molar-refractivity contribution is -0.133. The Morgan fingerprint density at radius 2 is 2.04 bits per heavy atom. The molecule has 1 aromatic carbocycles. The third kappa shape index (κ3) is 3.06. The largest absolute Gasteiger partial charge is 0.490 e. The van der Waals surface area contributed by atoms with E-state index in [0.29, 0.717) is 24.4 Å². The molecule has 1 saturated carbocycles. The van der Waals surface area contributed by atoms with Crippen molar-refractivity contribution in [3.05, 3.63) is 18.2 Å². The fourth-order valence-electron chi connectivity index (χ4n) is 2.66. The lowest BCUT2D eigenvalue weighted by Crippen LogP contribution is -2.03. The lowest BCUT2D eigenvalue weighted by Gasteiger charge is -2.11. The zero-order chi connectivity index (χ0) is 16.5. The molecule has 0 atom stereocenters. The number of carboxylic acid groups (broad SMARTS) is 1. The van der Waals surface area contributed by atoms with E-state index in [0.717, 1.165) is 42.1 Å². The van der Waals surface area contributed by atoms with Gasteiger partial charge in [-0.25, -0.2) is 0 Å². The highest BCUT2D eigenvalue weighted by atomic mass is 32.2. The number of hydrogen-bond donors (Lipinski definition) is 1. The summed E-state index contributed by atoms with van der Waals surface area (Å²) in [5, 5.41) is 18.0. The molecule has 1 N–H and O–H groups in total. The van der Waals surface area contributed by atoms with Gasteiger partial charge in [0.25, 0.3) is 0 Å². The summed E-state index contributed by atoms with van der Waals surface area (Å²) in [5.74, 6) is 1.33. The first-order chi connectivity index (χ1) is 11.7. The minimum absolute atomic E-state index is 0.0218. The summed E-state index contributed by atoms with van der Waals surface area (Å²) in [6.45, 7) is 1.28. The van der Waals surface area contributed by atoms with Gasteiger partial charge in [0.2, 0.25) is 0 Å². The monoisotopic (exact) mass is 347 g/mol. The molecule has 2 aromatic rings. The molecule has 0 bridgehead atoms. The smallest absolute Gasteiger partial charge is 0.313 e. The van der Waals surface area contributed by atoms with E-state index in [-0.39, 0.29) is 5.75 Å². The fourth-order valence-corrected chi connectivity index (χ4v) is 3.39. The number of nitrogens with zero attached hydrogens (tertiary/aromatic N) is 3. The molecule has 1 fully saturated rings. The number of hydrogen-bond acceptors (Lipinski definition) is 6. The summed E-state index contributed by atoms with van der Waals surface area (Å²) in [6.07, 6.45) is 2.99. The summed E-state index contributed by atoms with van der Waals surface area (Å²) in [4.78, 5) is 10.8. The van der Waals surface area contributed by atoms with E-state index < -0.39 is 5.97 Å². The molecule has 8 heteroatoms. The van der Waals surface area contributed by atoms with Crippen LogP contribution in [0, 0.1) is 0 Å². The molecule has 4 rings (SSSR count). The molecule has 2 heterocycles. The van der Waals surface area contributed by atoms with Crippen molar-refractivity contribution >= 4 is 17.7 Å². The third-order valence-electron chi connectivity index (χ3n) is 3.91. The summed E-state index contributed by atoms with van der Waals surface area (Å²) in [7, 11) is 0. The Morgan fingerprint density at radius 1 is 1.25 bits per heavy atom. The van der Waals surface area contributed by atoms with Gasteiger partial charge < -0.3 is 14.6 Å². The first-order valence-corrected chi connectivity index (χ1v) is 8.90. The van der Waals surface area contributed by atoms with Crippen molar-refractivity contribution in [3.63, 3.8) is 0 Å². The molecule has 0 amide bonds. The molecule has 0 radical (unpaired) electrons. The van der Waals surface area contributed by atoms with Crippen LogP contribution in [0.1, 0.15) is 25.3 Å². The number of thioether (sulfide) groups is 1. The van der Waals surface area contributed by atoms with Crippen molar-refractivity contribution in [1.29, 1.82) is 0 Å². The van der Waals surface area contributed by atoms with Gasteiger partial charge in [-0.15, -0.1) is 10.2 Å². The zero-order valence-corrected chi connectivity index (χ0v) is 13.8. The van der Waals surface area contributed by atoms with E-state index in [2.05, 4.69) is 10.2 Å². The Kier molecular flexibility index (Phi) is 4.05. The van der Waals surface area contributed by atoms with Gasteiger partial charge in [0, 0.05) is 18.0 Å². The van der Waals surface area contributed by atoms with Crippen molar-refractivity contribution in [2.24, 2.45) is 0 Å². The summed E-state index contributed by atoms with van der Waals surface area (Å²) in [6, 6.07) is 6.12. The standard InChI is InChI=1S/C16H17N3O4S/c20-14(21)9-24-16-18-17-15(19(16)11-3-4-11)10-2-5-12-13(8-10)23-7-1-6-22-12/h2,5,8,11H,1,3-4,6-7,9H2,(H,20,21). The summed E-state index contributed by atoms with van der Waals surface area (Å²) in [5.41, 5.74) is 0.904. The minimum Gasteiger partial charge on any atom is -0.490 e. The van der Waals surface area contributed by atoms with E-state index in [9.17, 15) is 4.79 Å². The number of aromatic nitrogens is 3. The van der Waals surface area contributed by atoms with Crippen LogP contribution in [-0.4, -0.2) is 44.8 Å². The molecule has 0 spiro atoms. The Balaban J connectivity index is 1.68. The Hall–Kier alpha value is -2.22. The van der Waals surface area contributed by atoms with Crippen molar-refractivity contribution < 1.29 is 19.4 Å². The van der Waals surface area contributed by atoms with Crippen molar-refractivity contribution in [2.45, 2.75) is 30.5 Å². The van der Waals surface area contributed by atoms with Gasteiger partial charge >= 0.3 is 5.97 Å². The Bertz CT molecular complexity index is 773. The predicted molar refractivity (Wildman–Crippen MR) is 87.7 cm³/mol. The molecular weight excluding hydrogens is 330 g/mol. The highest BCUT2D eigenvalue weighted by Crippen LogP contribution is 2.42. The van der Waals surface area contributed by atoms with Gasteiger partial charge in [0.05, 0.1) is 19.0 Å². The zero-order valence-electron chi connectivity index (χ0n) is 13.0. The SMILES string of the molecule is O=C(O)CSc1nnc(-c2ccc3c(c2)OCCCO3)n1C1CC1. The van der Waals surface area contributed by atoms with Crippen LogP contribution >= 0.6 is 11.8 Å². The van der Waals surface area contributed by atoms with Gasteiger partial charge in [-0.2, -0.15) is 0 Å². The van der Waals surface area contributed by atoms with Crippen LogP contribution < -0.4 is 9.47 Å². The predicted octanol–water partition coefficient (Wildman–Crippen LogP) is 2.62. The highest BCUT2D eigenvalue weighted by Gasteiger charge is 2.30. The van der Waals surface area contributed by atoms with Gasteiger partial charge in [-0.1, -0.05) is 11.8 Å². The molecular formula is C16H17N3O4S. The Labute approximate surface area is 143 Å².